The van der Waals surface area contributed by atoms with Gasteiger partial charge in [-0.15, -0.1) is 0 Å². The molecule has 0 bridgehead atoms. The number of aliphatic hydroxyl groups is 1. The second-order valence-corrected chi connectivity index (χ2v) is 5.66. The third-order valence-electron chi connectivity index (χ3n) is 4.02. The highest BCUT2D eigenvalue weighted by atomic mass is 19.4. The normalized spacial score (nSPS) is 30.2. The Hall–Kier alpha value is -0.780. The maximum atomic E-state index is 12.6. The van der Waals surface area contributed by atoms with Crippen molar-refractivity contribution in [3.63, 3.8) is 0 Å². The topological polar surface area (TPSA) is 46.5 Å². The summed E-state index contributed by atoms with van der Waals surface area (Å²) in [6, 6.07) is 0. The highest BCUT2D eigenvalue weighted by molar-refractivity contribution is 5.74. The molecule has 3 nitrogen and oxygen atoms in total. The number of ether oxygens (including phenoxy) is 1. The molecule has 0 aromatic carbocycles. The maximum Gasteiger partial charge on any atom is 0.391 e. The molecule has 1 saturated carbocycles. The van der Waals surface area contributed by atoms with Crippen molar-refractivity contribution in [1.29, 1.82) is 0 Å². The summed E-state index contributed by atoms with van der Waals surface area (Å²) in [5.74, 6) is -2.88. The highest BCUT2D eigenvalue weighted by Crippen LogP contribution is 2.45. The molecule has 19 heavy (non-hydrogen) atoms. The average molecular weight is 282 g/mol. The van der Waals surface area contributed by atoms with Crippen LogP contribution in [0.3, 0.4) is 0 Å². The molecular weight excluding hydrogens is 261 g/mol. The Bertz CT molecular complexity index is 318. The SMILES string of the molecule is COC(=O)C(C(C)C)C1(O)CCC(C(F)(F)F)CC1. The Morgan fingerprint density at radius 3 is 2.11 bits per heavy atom. The predicted molar refractivity (Wildman–Crippen MR) is 63.3 cm³/mol. The maximum absolute atomic E-state index is 12.6. The first-order valence-electron chi connectivity index (χ1n) is 6.48. The highest BCUT2D eigenvalue weighted by Gasteiger charge is 2.50. The molecule has 112 valence electrons. The van der Waals surface area contributed by atoms with Crippen LogP contribution in [0.15, 0.2) is 0 Å². The van der Waals surface area contributed by atoms with E-state index in [0.29, 0.717) is 0 Å². The van der Waals surface area contributed by atoms with Crippen LogP contribution in [0.4, 0.5) is 13.2 Å². The number of alkyl halides is 3. The molecule has 6 heteroatoms. The zero-order valence-electron chi connectivity index (χ0n) is 11.5. The monoisotopic (exact) mass is 282 g/mol. The largest absolute Gasteiger partial charge is 0.469 e. The van der Waals surface area contributed by atoms with Crippen LogP contribution in [0, 0.1) is 17.8 Å². The van der Waals surface area contributed by atoms with Crippen molar-refractivity contribution in [2.45, 2.75) is 51.3 Å². The first kappa shape index (κ1) is 16.3. The Morgan fingerprint density at radius 2 is 1.79 bits per heavy atom. The summed E-state index contributed by atoms with van der Waals surface area (Å²) in [5.41, 5.74) is -1.39. The van der Waals surface area contributed by atoms with E-state index in [0.717, 1.165) is 0 Å². The number of carbonyl (C=O) groups is 1. The molecule has 0 aromatic rings. The summed E-state index contributed by atoms with van der Waals surface area (Å²) in [5, 5.41) is 10.5. The molecule has 0 spiro atoms. The second-order valence-electron chi connectivity index (χ2n) is 5.66. The molecule has 1 rings (SSSR count). The van der Waals surface area contributed by atoms with E-state index in [1.165, 1.54) is 7.11 Å². The number of rotatable bonds is 3. The van der Waals surface area contributed by atoms with Crippen LogP contribution in [0.1, 0.15) is 39.5 Å². The number of hydrogen-bond acceptors (Lipinski definition) is 3. The molecule has 0 radical (unpaired) electrons. The van der Waals surface area contributed by atoms with Gasteiger partial charge in [0.25, 0.3) is 0 Å². The minimum absolute atomic E-state index is 0.0187. The number of carbonyl (C=O) groups excluding carboxylic acids is 1. The van der Waals surface area contributed by atoms with E-state index >= 15 is 0 Å². The van der Waals surface area contributed by atoms with Gasteiger partial charge in [-0.2, -0.15) is 13.2 Å². The van der Waals surface area contributed by atoms with Crippen molar-refractivity contribution in [2.24, 2.45) is 17.8 Å². The van der Waals surface area contributed by atoms with Gasteiger partial charge in [0.2, 0.25) is 0 Å². The van der Waals surface area contributed by atoms with Crippen LogP contribution in [0.2, 0.25) is 0 Å². The van der Waals surface area contributed by atoms with Crippen molar-refractivity contribution in [2.75, 3.05) is 7.11 Å². The summed E-state index contributed by atoms with van der Waals surface area (Å²) in [4.78, 5) is 11.7. The molecule has 1 unspecified atom stereocenters. The van der Waals surface area contributed by atoms with Crippen molar-refractivity contribution in [3.05, 3.63) is 0 Å². The van der Waals surface area contributed by atoms with Crippen LogP contribution < -0.4 is 0 Å². The summed E-state index contributed by atoms with van der Waals surface area (Å²) < 4.78 is 42.5. The third-order valence-corrected chi connectivity index (χ3v) is 4.02. The number of esters is 1. The summed E-state index contributed by atoms with van der Waals surface area (Å²) in [6.07, 6.45) is -4.54. The smallest absolute Gasteiger partial charge is 0.391 e. The molecule has 1 atom stereocenters. The fourth-order valence-electron chi connectivity index (χ4n) is 3.00. The van der Waals surface area contributed by atoms with Crippen LogP contribution >= 0.6 is 0 Å². The van der Waals surface area contributed by atoms with Gasteiger partial charge in [-0.05, 0) is 31.6 Å². The van der Waals surface area contributed by atoms with Crippen molar-refractivity contribution < 1.29 is 27.8 Å². The van der Waals surface area contributed by atoms with Gasteiger partial charge < -0.3 is 9.84 Å². The standard InChI is InChI=1S/C13H21F3O3/c1-8(2)10(11(17)19-3)12(18)6-4-9(5-7-12)13(14,15)16/h8-10,18H,4-7H2,1-3H3. The van der Waals surface area contributed by atoms with Gasteiger partial charge in [0, 0.05) is 0 Å². The average Bonchev–Trinajstić information content (AvgIpc) is 2.27. The molecule has 0 saturated heterocycles. The molecule has 0 aliphatic heterocycles. The van der Waals surface area contributed by atoms with E-state index in [2.05, 4.69) is 4.74 Å². The van der Waals surface area contributed by atoms with E-state index in [9.17, 15) is 23.1 Å². The van der Waals surface area contributed by atoms with E-state index in [-0.39, 0.29) is 31.6 Å². The van der Waals surface area contributed by atoms with Crippen LogP contribution in [-0.4, -0.2) is 30.0 Å². The quantitative estimate of drug-likeness (QED) is 0.810. The molecule has 0 heterocycles. The third kappa shape index (κ3) is 3.61. The van der Waals surface area contributed by atoms with Gasteiger partial charge in [-0.3, -0.25) is 4.79 Å². The van der Waals surface area contributed by atoms with E-state index in [1.54, 1.807) is 13.8 Å². The fraction of sp³-hybridized carbons (Fsp3) is 0.923. The minimum atomic E-state index is -4.22. The Balaban J connectivity index is 2.81. The lowest BCUT2D eigenvalue weighted by Crippen LogP contribution is -2.49. The lowest BCUT2D eigenvalue weighted by Gasteiger charge is -2.42. The lowest BCUT2D eigenvalue weighted by atomic mass is 9.68. The van der Waals surface area contributed by atoms with E-state index in [4.69, 9.17) is 0 Å². The summed E-state index contributed by atoms with van der Waals surface area (Å²) in [7, 11) is 1.22. The van der Waals surface area contributed by atoms with Gasteiger partial charge in [0.1, 0.15) is 0 Å². The first-order valence-corrected chi connectivity index (χ1v) is 6.48. The first-order chi connectivity index (χ1) is 8.62. The van der Waals surface area contributed by atoms with E-state index < -0.39 is 29.6 Å². The number of methoxy groups -OCH3 is 1. The molecule has 1 aliphatic rings. The Kier molecular flexibility index (Phi) is 4.87. The summed E-state index contributed by atoms with van der Waals surface area (Å²) >= 11 is 0. The molecule has 0 amide bonds. The van der Waals surface area contributed by atoms with Gasteiger partial charge in [0.05, 0.1) is 24.5 Å². The lowest BCUT2D eigenvalue weighted by molar-refractivity contribution is -0.200. The van der Waals surface area contributed by atoms with Crippen LogP contribution in [0.5, 0.6) is 0 Å². The van der Waals surface area contributed by atoms with Gasteiger partial charge >= 0.3 is 12.1 Å². The summed E-state index contributed by atoms with van der Waals surface area (Å²) in [6.45, 7) is 3.52. The van der Waals surface area contributed by atoms with Gasteiger partial charge in [-0.25, -0.2) is 0 Å². The number of halogens is 3. The predicted octanol–water partition coefficient (Wildman–Crippen LogP) is 2.92. The van der Waals surface area contributed by atoms with Crippen LogP contribution in [0.25, 0.3) is 0 Å². The zero-order valence-corrected chi connectivity index (χ0v) is 11.5. The fourth-order valence-corrected chi connectivity index (χ4v) is 3.00. The molecular formula is C13H21F3O3. The van der Waals surface area contributed by atoms with Gasteiger partial charge in [0.15, 0.2) is 0 Å². The number of hydrogen-bond donors (Lipinski definition) is 1. The van der Waals surface area contributed by atoms with Crippen molar-refractivity contribution in [1.82, 2.24) is 0 Å². The second kappa shape index (κ2) is 5.69. The zero-order chi connectivity index (χ0) is 14.8. The molecule has 1 fully saturated rings. The Morgan fingerprint density at radius 1 is 1.32 bits per heavy atom. The van der Waals surface area contributed by atoms with Crippen molar-refractivity contribution in [3.8, 4) is 0 Å². The van der Waals surface area contributed by atoms with E-state index in [1.807, 2.05) is 0 Å². The Labute approximate surface area is 111 Å². The van der Waals surface area contributed by atoms with Gasteiger partial charge in [-0.1, -0.05) is 13.8 Å². The van der Waals surface area contributed by atoms with Crippen LogP contribution in [-0.2, 0) is 9.53 Å². The minimum Gasteiger partial charge on any atom is -0.469 e. The molecule has 1 N–H and O–H groups in total. The van der Waals surface area contributed by atoms with Crippen molar-refractivity contribution >= 4 is 5.97 Å². The molecule has 0 aromatic heterocycles. The molecule has 1 aliphatic carbocycles.